The molecule has 0 saturated heterocycles. The number of nitrogens with one attached hydrogen (secondary N) is 1. The summed E-state index contributed by atoms with van der Waals surface area (Å²) in [5.74, 6) is 0.312. The van der Waals surface area contributed by atoms with E-state index in [-0.39, 0.29) is 17.5 Å². The van der Waals surface area contributed by atoms with Crippen molar-refractivity contribution in [1.82, 2.24) is 5.32 Å². The Morgan fingerprint density at radius 1 is 1.06 bits per heavy atom. The van der Waals surface area contributed by atoms with Crippen molar-refractivity contribution in [2.24, 2.45) is 0 Å². The number of carbonyl (C=O) groups is 1. The maximum atomic E-state index is 13.5. The van der Waals surface area contributed by atoms with Gasteiger partial charge in [-0.3, -0.25) is 9.10 Å². The molecule has 0 aliphatic heterocycles. The number of nitrogens with zero attached hydrogens (tertiary/aromatic N) is 1. The minimum absolute atomic E-state index is 0.0942. The quantitative estimate of drug-likeness (QED) is 0.455. The van der Waals surface area contributed by atoms with E-state index in [9.17, 15) is 13.2 Å². The van der Waals surface area contributed by atoms with Crippen molar-refractivity contribution < 1.29 is 17.9 Å². The molecule has 8 heteroatoms. The van der Waals surface area contributed by atoms with E-state index in [0.29, 0.717) is 22.9 Å². The molecule has 0 saturated carbocycles. The van der Waals surface area contributed by atoms with Gasteiger partial charge in [-0.05, 0) is 68.3 Å². The van der Waals surface area contributed by atoms with Crippen LogP contribution < -0.4 is 14.4 Å². The zero-order chi connectivity index (χ0) is 24.0. The summed E-state index contributed by atoms with van der Waals surface area (Å²) in [5.41, 5.74) is 1.92. The number of anilines is 1. The van der Waals surface area contributed by atoms with Gasteiger partial charge >= 0.3 is 0 Å². The molecule has 0 aliphatic rings. The van der Waals surface area contributed by atoms with Crippen LogP contribution in [0, 0.1) is 6.92 Å². The fourth-order valence-corrected chi connectivity index (χ4v) is 5.06. The van der Waals surface area contributed by atoms with Gasteiger partial charge < -0.3 is 10.1 Å². The molecule has 3 aromatic rings. The van der Waals surface area contributed by atoms with Crippen LogP contribution in [0.3, 0.4) is 0 Å². The second-order valence-electron chi connectivity index (χ2n) is 7.55. The minimum Gasteiger partial charge on any atom is -0.494 e. The second-order valence-corrected chi connectivity index (χ2v) is 9.85. The van der Waals surface area contributed by atoms with Gasteiger partial charge in [-0.1, -0.05) is 48.0 Å². The summed E-state index contributed by atoms with van der Waals surface area (Å²) < 4.78 is 33.5. The number of amides is 1. The third-order valence-electron chi connectivity index (χ3n) is 5.13. The number of ether oxygens (including phenoxy) is 1. The van der Waals surface area contributed by atoms with E-state index in [1.54, 1.807) is 43.3 Å². The highest BCUT2D eigenvalue weighted by molar-refractivity contribution is 7.92. The number of halogens is 1. The normalized spacial score (nSPS) is 12.1. The van der Waals surface area contributed by atoms with Crippen molar-refractivity contribution in [3.05, 3.63) is 88.9 Å². The van der Waals surface area contributed by atoms with Gasteiger partial charge in [0.2, 0.25) is 5.91 Å². The summed E-state index contributed by atoms with van der Waals surface area (Å²) >= 11 is 6.16. The highest BCUT2D eigenvalue weighted by atomic mass is 35.5. The van der Waals surface area contributed by atoms with Crippen molar-refractivity contribution in [3.8, 4) is 5.75 Å². The first-order chi connectivity index (χ1) is 15.7. The molecule has 1 atom stereocenters. The topological polar surface area (TPSA) is 75.7 Å². The summed E-state index contributed by atoms with van der Waals surface area (Å²) in [6.45, 7) is 5.71. The van der Waals surface area contributed by atoms with E-state index < -0.39 is 15.9 Å². The Morgan fingerprint density at radius 2 is 1.73 bits per heavy atom. The number of benzene rings is 3. The van der Waals surface area contributed by atoms with Gasteiger partial charge in [0.25, 0.3) is 10.0 Å². The largest absolute Gasteiger partial charge is 0.494 e. The fraction of sp³-hybridized carbons (Fsp3) is 0.240. The Labute approximate surface area is 200 Å². The number of sulfonamides is 1. The molecule has 0 radical (unpaired) electrons. The predicted molar refractivity (Wildman–Crippen MR) is 131 cm³/mol. The average Bonchev–Trinajstić information content (AvgIpc) is 2.80. The first kappa shape index (κ1) is 24.6. The standard InChI is InChI=1S/C25H27ClN2O4S/c1-4-32-22-14-11-20(12-15-22)19(3)27-25(29)17-28(24-16-21(26)13-10-18(24)2)33(30,31)23-8-6-5-7-9-23/h5-16,19H,4,17H2,1-3H3,(H,27,29)/t19-/m1/s1. The molecule has 174 valence electrons. The van der Waals surface area contributed by atoms with E-state index in [1.807, 2.05) is 38.1 Å². The molecule has 0 bridgehead atoms. The van der Waals surface area contributed by atoms with Crippen molar-refractivity contribution >= 4 is 33.2 Å². The number of hydrogen-bond acceptors (Lipinski definition) is 4. The summed E-state index contributed by atoms with van der Waals surface area (Å²) in [5, 5.41) is 3.27. The lowest BCUT2D eigenvalue weighted by Gasteiger charge is -2.26. The van der Waals surface area contributed by atoms with Gasteiger partial charge in [-0.25, -0.2) is 8.42 Å². The Morgan fingerprint density at radius 3 is 2.36 bits per heavy atom. The van der Waals surface area contributed by atoms with Crippen LogP contribution in [-0.4, -0.2) is 27.5 Å². The Balaban J connectivity index is 1.87. The third-order valence-corrected chi connectivity index (χ3v) is 7.14. The zero-order valence-corrected chi connectivity index (χ0v) is 20.4. The van der Waals surface area contributed by atoms with E-state index in [0.717, 1.165) is 15.6 Å². The lowest BCUT2D eigenvalue weighted by Crippen LogP contribution is -2.41. The van der Waals surface area contributed by atoms with Crippen LogP contribution in [0.15, 0.2) is 77.7 Å². The van der Waals surface area contributed by atoms with Gasteiger partial charge in [0, 0.05) is 5.02 Å². The summed E-state index contributed by atoms with van der Waals surface area (Å²) in [4.78, 5) is 13.1. The van der Waals surface area contributed by atoms with Crippen LogP contribution in [0.2, 0.25) is 5.02 Å². The average molecular weight is 487 g/mol. The molecule has 0 fully saturated rings. The summed E-state index contributed by atoms with van der Waals surface area (Å²) in [6, 6.07) is 20.1. The second kappa shape index (κ2) is 10.7. The molecule has 6 nitrogen and oxygen atoms in total. The summed E-state index contributed by atoms with van der Waals surface area (Å²) in [6.07, 6.45) is 0. The Hall–Kier alpha value is -3.03. The molecule has 0 heterocycles. The first-order valence-electron chi connectivity index (χ1n) is 10.6. The lowest BCUT2D eigenvalue weighted by atomic mass is 10.1. The SMILES string of the molecule is CCOc1ccc([C@@H](C)NC(=O)CN(c2cc(Cl)ccc2C)S(=O)(=O)c2ccccc2)cc1. The molecular formula is C25H27ClN2O4S. The molecule has 33 heavy (non-hydrogen) atoms. The van der Waals surface area contributed by atoms with Gasteiger partial charge in [0.1, 0.15) is 12.3 Å². The van der Waals surface area contributed by atoms with Gasteiger partial charge in [0.05, 0.1) is 23.2 Å². The van der Waals surface area contributed by atoms with Crippen LogP contribution in [0.1, 0.15) is 31.0 Å². The monoisotopic (exact) mass is 486 g/mol. The summed E-state index contributed by atoms with van der Waals surface area (Å²) in [7, 11) is -4.00. The molecule has 3 aromatic carbocycles. The molecule has 1 N–H and O–H groups in total. The Bertz CT molecular complexity index is 1200. The molecule has 0 aliphatic carbocycles. The van der Waals surface area contributed by atoms with E-state index >= 15 is 0 Å². The first-order valence-corrected chi connectivity index (χ1v) is 12.4. The molecule has 0 aromatic heterocycles. The number of hydrogen-bond donors (Lipinski definition) is 1. The third kappa shape index (κ3) is 6.06. The van der Waals surface area contributed by atoms with Crippen LogP contribution in [0.5, 0.6) is 5.75 Å². The van der Waals surface area contributed by atoms with Gasteiger partial charge in [-0.15, -0.1) is 0 Å². The fourth-order valence-electron chi connectivity index (χ4n) is 3.39. The van der Waals surface area contributed by atoms with E-state index in [1.165, 1.54) is 12.1 Å². The number of aryl methyl sites for hydroxylation is 1. The van der Waals surface area contributed by atoms with Crippen molar-refractivity contribution in [1.29, 1.82) is 0 Å². The Kier molecular flexibility index (Phi) is 8.00. The maximum absolute atomic E-state index is 13.5. The number of carbonyl (C=O) groups excluding carboxylic acids is 1. The highest BCUT2D eigenvalue weighted by Crippen LogP contribution is 2.29. The van der Waals surface area contributed by atoms with Crippen molar-refractivity contribution in [2.45, 2.75) is 31.7 Å². The number of rotatable bonds is 9. The zero-order valence-electron chi connectivity index (χ0n) is 18.8. The van der Waals surface area contributed by atoms with Crippen LogP contribution in [0.4, 0.5) is 5.69 Å². The molecule has 0 unspecified atom stereocenters. The van der Waals surface area contributed by atoms with E-state index in [4.69, 9.17) is 16.3 Å². The van der Waals surface area contributed by atoms with Crippen molar-refractivity contribution in [2.75, 3.05) is 17.5 Å². The van der Waals surface area contributed by atoms with E-state index in [2.05, 4.69) is 5.32 Å². The predicted octanol–water partition coefficient (Wildman–Crippen LogP) is 5.12. The lowest BCUT2D eigenvalue weighted by molar-refractivity contribution is -0.120. The molecule has 1 amide bonds. The maximum Gasteiger partial charge on any atom is 0.264 e. The van der Waals surface area contributed by atoms with Gasteiger partial charge in [0.15, 0.2) is 0 Å². The molecular weight excluding hydrogens is 460 g/mol. The van der Waals surface area contributed by atoms with Crippen LogP contribution in [0.25, 0.3) is 0 Å². The van der Waals surface area contributed by atoms with Gasteiger partial charge in [-0.2, -0.15) is 0 Å². The molecule has 3 rings (SSSR count). The minimum atomic E-state index is -4.00. The van der Waals surface area contributed by atoms with Crippen LogP contribution >= 0.6 is 11.6 Å². The van der Waals surface area contributed by atoms with Crippen molar-refractivity contribution in [3.63, 3.8) is 0 Å². The van der Waals surface area contributed by atoms with Crippen LogP contribution in [-0.2, 0) is 14.8 Å². The highest BCUT2D eigenvalue weighted by Gasteiger charge is 2.28. The smallest absolute Gasteiger partial charge is 0.264 e. The molecule has 0 spiro atoms.